The molecule has 0 heterocycles. The highest BCUT2D eigenvalue weighted by molar-refractivity contribution is 6.33. The lowest BCUT2D eigenvalue weighted by Crippen LogP contribution is -2.25. The number of hydrogen-bond donors (Lipinski definition) is 1. The third-order valence-corrected chi connectivity index (χ3v) is 2.02. The first kappa shape index (κ1) is 13.3. The number of carbonyl (C=O) groups is 2. The lowest BCUT2D eigenvalue weighted by molar-refractivity contribution is 0.00659. The van der Waals surface area contributed by atoms with E-state index < -0.39 is 17.5 Å². The Morgan fingerprint density at radius 1 is 1.24 bits per heavy atom. The molecule has 90 valence electrons. The van der Waals surface area contributed by atoms with Gasteiger partial charge in [-0.05, 0) is 26.8 Å². The summed E-state index contributed by atoms with van der Waals surface area (Å²) in [6.45, 7) is 5.21. The second-order valence-corrected chi connectivity index (χ2v) is 4.86. The van der Waals surface area contributed by atoms with Crippen LogP contribution in [0.1, 0.15) is 41.5 Å². The van der Waals surface area contributed by atoms with E-state index in [2.05, 4.69) is 0 Å². The van der Waals surface area contributed by atoms with Crippen molar-refractivity contribution in [1.82, 2.24) is 0 Å². The van der Waals surface area contributed by atoms with Crippen LogP contribution >= 0.6 is 0 Å². The van der Waals surface area contributed by atoms with E-state index in [1.165, 1.54) is 12.1 Å². The van der Waals surface area contributed by atoms with Gasteiger partial charge in [-0.25, -0.2) is 9.59 Å². The topological polar surface area (TPSA) is 63.6 Å². The number of carboxylic acid groups (broad SMARTS) is 1. The Balaban J connectivity index is 3.14. The van der Waals surface area contributed by atoms with Crippen LogP contribution < -0.4 is 5.46 Å². The molecule has 0 unspecified atom stereocenters. The van der Waals surface area contributed by atoms with Gasteiger partial charge in [0.05, 0.1) is 11.1 Å². The Labute approximate surface area is 101 Å². The van der Waals surface area contributed by atoms with Gasteiger partial charge in [-0.2, -0.15) is 0 Å². The Kier molecular flexibility index (Phi) is 3.61. The van der Waals surface area contributed by atoms with E-state index in [1.54, 1.807) is 34.7 Å². The summed E-state index contributed by atoms with van der Waals surface area (Å²) in [4.78, 5) is 22.8. The summed E-state index contributed by atoms with van der Waals surface area (Å²) in [5.74, 6) is -1.75. The minimum absolute atomic E-state index is 0.0285. The zero-order chi connectivity index (χ0) is 13.2. The molecule has 17 heavy (non-hydrogen) atoms. The first-order valence-electron chi connectivity index (χ1n) is 5.28. The van der Waals surface area contributed by atoms with Crippen molar-refractivity contribution in [3.63, 3.8) is 0 Å². The first-order valence-corrected chi connectivity index (χ1v) is 5.28. The van der Waals surface area contributed by atoms with Crippen molar-refractivity contribution in [3.05, 3.63) is 29.3 Å². The molecule has 0 spiro atoms. The number of carbonyl (C=O) groups excluding carboxylic acids is 1. The Bertz CT molecular complexity index is 460. The largest absolute Gasteiger partial charge is 0.478 e. The van der Waals surface area contributed by atoms with Crippen molar-refractivity contribution in [3.8, 4) is 0 Å². The normalized spacial score (nSPS) is 11.0. The summed E-state index contributed by atoms with van der Waals surface area (Å²) in [7, 11) is 1.77. The van der Waals surface area contributed by atoms with Crippen molar-refractivity contribution < 1.29 is 19.4 Å². The van der Waals surface area contributed by atoms with E-state index in [0.717, 1.165) is 5.46 Å². The summed E-state index contributed by atoms with van der Waals surface area (Å²) in [6, 6.07) is 4.63. The molecule has 0 aliphatic heterocycles. The molecule has 0 saturated carbocycles. The van der Waals surface area contributed by atoms with Gasteiger partial charge in [0.1, 0.15) is 13.4 Å². The van der Waals surface area contributed by atoms with Crippen LogP contribution in [-0.2, 0) is 4.74 Å². The zero-order valence-electron chi connectivity index (χ0n) is 10.4. The number of aromatic carboxylic acids is 1. The minimum Gasteiger partial charge on any atom is -0.478 e. The molecule has 1 N–H and O–H groups in total. The molecule has 0 bridgehead atoms. The number of benzene rings is 1. The summed E-state index contributed by atoms with van der Waals surface area (Å²) in [5.41, 5.74) is 0.199. The average molecular weight is 234 g/mol. The van der Waals surface area contributed by atoms with Crippen LogP contribution in [0.2, 0.25) is 0 Å². The summed E-state index contributed by atoms with van der Waals surface area (Å²) in [5, 5.41) is 9.03. The van der Waals surface area contributed by atoms with Crippen molar-refractivity contribution in [1.29, 1.82) is 0 Å². The molecule has 0 radical (unpaired) electrons. The zero-order valence-corrected chi connectivity index (χ0v) is 10.4. The number of rotatable bonds is 2. The monoisotopic (exact) mass is 234 g/mol. The van der Waals surface area contributed by atoms with E-state index in [9.17, 15) is 9.59 Å². The molecule has 0 aromatic heterocycles. The smallest absolute Gasteiger partial charge is 0.339 e. The molecule has 0 amide bonds. The first-order chi connectivity index (χ1) is 7.70. The van der Waals surface area contributed by atoms with Crippen LogP contribution in [0.4, 0.5) is 0 Å². The van der Waals surface area contributed by atoms with Gasteiger partial charge in [-0.15, -0.1) is 0 Å². The van der Waals surface area contributed by atoms with Crippen LogP contribution in [-0.4, -0.2) is 30.5 Å². The summed E-state index contributed by atoms with van der Waals surface area (Å²) in [6.07, 6.45) is 0. The standard InChI is InChI=1S/C12H15BO4/c1-12(2,3)17-11(16)8-5-4-7(13)6-9(8)10(14)15/h4-6H,13H2,1-3H3,(H,14,15). The SMILES string of the molecule is Bc1ccc(C(=O)OC(C)(C)C)c(C(=O)O)c1. The maximum absolute atomic E-state index is 11.8. The maximum atomic E-state index is 11.8. The Hall–Kier alpha value is -1.78. The molecule has 0 fully saturated rings. The van der Waals surface area contributed by atoms with Crippen LogP contribution in [0.25, 0.3) is 0 Å². The third kappa shape index (κ3) is 3.62. The van der Waals surface area contributed by atoms with Crippen molar-refractivity contribution in [2.24, 2.45) is 0 Å². The predicted molar refractivity (Wildman–Crippen MR) is 66.7 cm³/mol. The van der Waals surface area contributed by atoms with Crippen molar-refractivity contribution >= 4 is 25.2 Å². The van der Waals surface area contributed by atoms with E-state index in [4.69, 9.17) is 9.84 Å². The summed E-state index contributed by atoms with van der Waals surface area (Å²) >= 11 is 0. The number of ether oxygens (including phenoxy) is 1. The lowest BCUT2D eigenvalue weighted by Gasteiger charge is -2.20. The quantitative estimate of drug-likeness (QED) is 0.601. The van der Waals surface area contributed by atoms with Crippen molar-refractivity contribution in [2.45, 2.75) is 26.4 Å². The van der Waals surface area contributed by atoms with Gasteiger partial charge in [0.15, 0.2) is 0 Å². The molecule has 0 aliphatic carbocycles. The number of hydrogen-bond acceptors (Lipinski definition) is 3. The highest BCUT2D eigenvalue weighted by Gasteiger charge is 2.22. The van der Waals surface area contributed by atoms with E-state index in [1.807, 2.05) is 0 Å². The average Bonchev–Trinajstić information content (AvgIpc) is 2.14. The van der Waals surface area contributed by atoms with Crippen LogP contribution in [0, 0.1) is 0 Å². The molecule has 4 nitrogen and oxygen atoms in total. The van der Waals surface area contributed by atoms with Crippen LogP contribution in [0.5, 0.6) is 0 Å². The van der Waals surface area contributed by atoms with Gasteiger partial charge in [0.25, 0.3) is 0 Å². The van der Waals surface area contributed by atoms with Gasteiger partial charge in [-0.3, -0.25) is 0 Å². The van der Waals surface area contributed by atoms with Crippen LogP contribution in [0.15, 0.2) is 18.2 Å². The molecular weight excluding hydrogens is 219 g/mol. The van der Waals surface area contributed by atoms with Crippen LogP contribution in [0.3, 0.4) is 0 Å². The Morgan fingerprint density at radius 3 is 2.29 bits per heavy atom. The molecular formula is C12H15BO4. The highest BCUT2D eigenvalue weighted by atomic mass is 16.6. The Morgan fingerprint density at radius 2 is 1.82 bits per heavy atom. The minimum atomic E-state index is -1.13. The molecule has 0 atom stereocenters. The van der Waals surface area contributed by atoms with Gasteiger partial charge in [0, 0.05) is 0 Å². The van der Waals surface area contributed by atoms with E-state index in [0.29, 0.717) is 0 Å². The molecule has 1 aromatic rings. The van der Waals surface area contributed by atoms with E-state index >= 15 is 0 Å². The predicted octanol–water partition coefficient (Wildman–Crippen LogP) is 0.599. The second kappa shape index (κ2) is 4.61. The fourth-order valence-corrected chi connectivity index (χ4v) is 1.35. The van der Waals surface area contributed by atoms with Crippen molar-refractivity contribution in [2.75, 3.05) is 0 Å². The molecule has 0 aliphatic rings. The third-order valence-electron chi connectivity index (χ3n) is 2.02. The molecule has 1 aromatic carbocycles. The summed E-state index contributed by atoms with van der Waals surface area (Å²) < 4.78 is 5.15. The maximum Gasteiger partial charge on any atom is 0.339 e. The van der Waals surface area contributed by atoms with Gasteiger partial charge < -0.3 is 9.84 Å². The number of esters is 1. The fourth-order valence-electron chi connectivity index (χ4n) is 1.35. The fraction of sp³-hybridized carbons (Fsp3) is 0.333. The second-order valence-electron chi connectivity index (χ2n) is 4.86. The molecule has 5 heteroatoms. The van der Waals surface area contributed by atoms with Gasteiger partial charge in [-0.1, -0.05) is 17.6 Å². The molecule has 0 saturated heterocycles. The molecule has 1 rings (SSSR count). The number of carboxylic acids is 1. The van der Waals surface area contributed by atoms with E-state index in [-0.39, 0.29) is 11.1 Å². The lowest BCUT2D eigenvalue weighted by atomic mass is 9.92. The van der Waals surface area contributed by atoms with Gasteiger partial charge >= 0.3 is 11.9 Å². The van der Waals surface area contributed by atoms with Gasteiger partial charge in [0.2, 0.25) is 0 Å². The highest BCUT2D eigenvalue weighted by Crippen LogP contribution is 2.14.